The number of nitrogens with two attached hydrogens (primary N) is 3. The number of esters is 3. The molecule has 0 bridgehead atoms. The van der Waals surface area contributed by atoms with Gasteiger partial charge in [0, 0.05) is 6.42 Å². The molecular formula is C28H56ClN3O5. The largest absolute Gasteiger partial charge is 0.465 e. The van der Waals surface area contributed by atoms with Crippen LogP contribution in [-0.2, 0) is 23.9 Å². The molecule has 2 atom stereocenters. The Bertz CT molecular complexity index is 566. The fraction of sp³-hybridized carbons (Fsp3) is 0.893. The highest BCUT2D eigenvalue weighted by Crippen LogP contribution is 2.14. The van der Waals surface area contributed by atoms with Crippen LogP contribution in [0.3, 0.4) is 0 Å². The van der Waals surface area contributed by atoms with E-state index in [2.05, 4.69) is 11.7 Å². The van der Waals surface area contributed by atoms with Crippen LogP contribution >= 0.6 is 12.4 Å². The Morgan fingerprint density at radius 1 is 0.622 bits per heavy atom. The molecule has 0 aliphatic rings. The molecule has 0 aromatic heterocycles. The van der Waals surface area contributed by atoms with Gasteiger partial charge in [-0.3, -0.25) is 9.59 Å². The van der Waals surface area contributed by atoms with Gasteiger partial charge in [-0.2, -0.15) is 0 Å². The van der Waals surface area contributed by atoms with Gasteiger partial charge < -0.3 is 26.7 Å². The predicted molar refractivity (Wildman–Crippen MR) is 152 cm³/mol. The topological polar surface area (TPSA) is 148 Å². The monoisotopic (exact) mass is 549 g/mol. The lowest BCUT2D eigenvalue weighted by Gasteiger charge is -2.12. The SMILES string of the molecule is CCCCCCCCCCCCCCCCCCOC(=O)[C@H](N)CCC(=O)OC(=O)[C@H](N)CCCN.Cl. The zero-order valence-corrected chi connectivity index (χ0v) is 24.2. The van der Waals surface area contributed by atoms with Gasteiger partial charge in [0.05, 0.1) is 6.61 Å². The zero-order chi connectivity index (χ0) is 26.9. The first kappa shape index (κ1) is 37.9. The summed E-state index contributed by atoms with van der Waals surface area (Å²) in [6.45, 7) is 3.01. The second kappa shape index (κ2) is 27.8. The molecule has 0 rings (SSSR count). The molecule has 8 nitrogen and oxygen atoms in total. The van der Waals surface area contributed by atoms with Gasteiger partial charge >= 0.3 is 17.9 Å². The molecule has 0 saturated carbocycles. The van der Waals surface area contributed by atoms with Crippen LogP contribution in [0.15, 0.2) is 0 Å². The molecule has 0 aliphatic carbocycles. The summed E-state index contributed by atoms with van der Waals surface area (Å²) < 4.78 is 9.89. The van der Waals surface area contributed by atoms with E-state index in [0.717, 1.165) is 19.3 Å². The van der Waals surface area contributed by atoms with Crippen molar-refractivity contribution in [3.8, 4) is 0 Å². The van der Waals surface area contributed by atoms with E-state index in [1.807, 2.05) is 0 Å². The summed E-state index contributed by atoms with van der Waals surface area (Å²) in [5.74, 6) is -2.06. The molecular weight excluding hydrogens is 494 g/mol. The fourth-order valence-corrected chi connectivity index (χ4v) is 4.02. The molecule has 37 heavy (non-hydrogen) atoms. The molecule has 0 aromatic carbocycles. The summed E-state index contributed by atoms with van der Waals surface area (Å²) in [4.78, 5) is 35.4. The maximum absolute atomic E-state index is 12.0. The normalized spacial score (nSPS) is 12.4. The van der Waals surface area contributed by atoms with Crippen LogP contribution in [0.25, 0.3) is 0 Å². The Kier molecular flexibility index (Phi) is 28.5. The van der Waals surface area contributed by atoms with Crippen LogP contribution in [0.5, 0.6) is 0 Å². The maximum Gasteiger partial charge on any atom is 0.330 e. The highest BCUT2D eigenvalue weighted by atomic mass is 35.5. The van der Waals surface area contributed by atoms with E-state index in [4.69, 9.17) is 21.9 Å². The van der Waals surface area contributed by atoms with Crippen molar-refractivity contribution in [1.29, 1.82) is 0 Å². The quantitative estimate of drug-likeness (QED) is 0.0772. The maximum atomic E-state index is 12.0. The Balaban J connectivity index is 0. The smallest absolute Gasteiger partial charge is 0.330 e. The van der Waals surface area contributed by atoms with Gasteiger partial charge in [-0.25, -0.2) is 4.79 Å². The second-order valence-corrected chi connectivity index (χ2v) is 9.95. The van der Waals surface area contributed by atoms with Gasteiger partial charge in [-0.1, -0.05) is 103 Å². The predicted octanol–water partition coefficient (Wildman–Crippen LogP) is 5.46. The minimum atomic E-state index is -0.917. The number of hydrogen-bond acceptors (Lipinski definition) is 8. The Hall–Kier alpha value is -1.22. The second-order valence-electron chi connectivity index (χ2n) is 9.95. The molecule has 0 fully saturated rings. The molecule has 6 N–H and O–H groups in total. The van der Waals surface area contributed by atoms with Crippen LogP contribution in [-0.4, -0.2) is 43.1 Å². The molecule has 0 spiro atoms. The van der Waals surface area contributed by atoms with Crippen molar-refractivity contribution in [3.05, 3.63) is 0 Å². The van der Waals surface area contributed by atoms with Crippen LogP contribution in [0.4, 0.5) is 0 Å². The summed E-state index contributed by atoms with van der Waals surface area (Å²) in [6.07, 6.45) is 21.4. The fourth-order valence-electron chi connectivity index (χ4n) is 4.02. The van der Waals surface area contributed by atoms with Crippen molar-refractivity contribution in [2.24, 2.45) is 17.2 Å². The molecule has 0 aliphatic heterocycles. The summed E-state index contributed by atoms with van der Waals surface area (Å²) in [5.41, 5.74) is 16.8. The highest BCUT2D eigenvalue weighted by molar-refractivity contribution is 5.88. The van der Waals surface area contributed by atoms with Crippen LogP contribution in [0, 0.1) is 0 Å². The molecule has 0 saturated heterocycles. The van der Waals surface area contributed by atoms with E-state index in [0.29, 0.717) is 26.0 Å². The van der Waals surface area contributed by atoms with Crippen molar-refractivity contribution in [2.45, 2.75) is 147 Å². The van der Waals surface area contributed by atoms with Gasteiger partial charge in [0.1, 0.15) is 12.1 Å². The number of rotatable bonds is 25. The summed E-state index contributed by atoms with van der Waals surface area (Å²) in [5, 5.41) is 0. The first-order valence-corrected chi connectivity index (χ1v) is 14.5. The Morgan fingerprint density at radius 2 is 1.05 bits per heavy atom. The van der Waals surface area contributed by atoms with Gasteiger partial charge in [0.15, 0.2) is 0 Å². The van der Waals surface area contributed by atoms with Gasteiger partial charge in [0.25, 0.3) is 0 Å². The Morgan fingerprint density at radius 3 is 1.51 bits per heavy atom. The van der Waals surface area contributed by atoms with Crippen molar-refractivity contribution >= 4 is 30.3 Å². The van der Waals surface area contributed by atoms with E-state index in [1.54, 1.807) is 0 Å². The zero-order valence-electron chi connectivity index (χ0n) is 23.4. The first-order valence-electron chi connectivity index (χ1n) is 14.5. The number of ether oxygens (including phenoxy) is 2. The van der Waals surface area contributed by atoms with Gasteiger partial charge in [0.2, 0.25) is 0 Å². The standard InChI is InChI=1S/C28H55N3O5.ClH/c1-2-3-4-5-6-7-8-9-10-11-12-13-14-15-16-17-23-35-27(33)25(31)20-21-26(32)36-28(34)24(30)19-18-22-29;/h24-25H,2-23,29-31H2,1H3;1H/t24-,25-;/m1./s1. The lowest BCUT2D eigenvalue weighted by molar-refractivity contribution is -0.160. The van der Waals surface area contributed by atoms with E-state index in [-0.39, 0.29) is 25.2 Å². The van der Waals surface area contributed by atoms with E-state index in [1.165, 1.54) is 83.5 Å². The van der Waals surface area contributed by atoms with Gasteiger partial charge in [-0.05, 0) is 32.2 Å². The molecule has 0 heterocycles. The number of hydrogen-bond donors (Lipinski definition) is 3. The minimum absolute atomic E-state index is 0. The summed E-state index contributed by atoms with van der Waals surface area (Å²) >= 11 is 0. The summed E-state index contributed by atoms with van der Waals surface area (Å²) in [6, 6.07) is -1.80. The molecule has 9 heteroatoms. The third-order valence-corrected chi connectivity index (χ3v) is 6.44. The molecule has 0 amide bonds. The van der Waals surface area contributed by atoms with Crippen molar-refractivity contribution < 1.29 is 23.9 Å². The first-order chi connectivity index (χ1) is 17.4. The van der Waals surface area contributed by atoms with Crippen LogP contribution in [0.1, 0.15) is 135 Å². The van der Waals surface area contributed by atoms with Crippen molar-refractivity contribution in [2.75, 3.05) is 13.2 Å². The lowest BCUT2D eigenvalue weighted by Crippen LogP contribution is -2.36. The molecule has 0 aromatic rings. The summed E-state index contributed by atoms with van der Waals surface area (Å²) in [7, 11) is 0. The average Bonchev–Trinajstić information content (AvgIpc) is 2.87. The third kappa shape index (κ3) is 24.9. The molecule has 0 unspecified atom stereocenters. The Labute approximate surface area is 231 Å². The average molecular weight is 550 g/mol. The van der Waals surface area contributed by atoms with E-state index >= 15 is 0 Å². The number of halogens is 1. The van der Waals surface area contributed by atoms with Crippen LogP contribution in [0.2, 0.25) is 0 Å². The van der Waals surface area contributed by atoms with E-state index in [9.17, 15) is 14.4 Å². The van der Waals surface area contributed by atoms with Crippen molar-refractivity contribution in [3.63, 3.8) is 0 Å². The highest BCUT2D eigenvalue weighted by Gasteiger charge is 2.21. The number of carbonyl (C=O) groups is 3. The van der Waals surface area contributed by atoms with Crippen molar-refractivity contribution in [1.82, 2.24) is 0 Å². The van der Waals surface area contributed by atoms with Crippen LogP contribution < -0.4 is 17.2 Å². The third-order valence-electron chi connectivity index (χ3n) is 6.44. The minimum Gasteiger partial charge on any atom is -0.465 e. The number of unbranched alkanes of at least 4 members (excludes halogenated alkanes) is 15. The number of carbonyl (C=O) groups excluding carboxylic acids is 3. The molecule has 220 valence electrons. The molecule has 0 radical (unpaired) electrons. The van der Waals surface area contributed by atoms with E-state index < -0.39 is 30.0 Å². The van der Waals surface area contributed by atoms with Gasteiger partial charge in [-0.15, -0.1) is 12.4 Å². The lowest BCUT2D eigenvalue weighted by atomic mass is 10.0.